The first kappa shape index (κ1) is 12.4. The van der Waals surface area contributed by atoms with Crippen LogP contribution in [0.5, 0.6) is 5.75 Å². The van der Waals surface area contributed by atoms with E-state index in [1.54, 1.807) is 10.9 Å². The quantitative estimate of drug-likeness (QED) is 0.727. The summed E-state index contributed by atoms with van der Waals surface area (Å²) in [7, 11) is 1.90. The summed E-state index contributed by atoms with van der Waals surface area (Å²) >= 11 is 0. The van der Waals surface area contributed by atoms with Gasteiger partial charge in [0.1, 0.15) is 12.4 Å². The Morgan fingerprint density at radius 2 is 2.20 bits per heavy atom. The van der Waals surface area contributed by atoms with Crippen molar-refractivity contribution < 1.29 is 4.74 Å². The monoisotopic (exact) mass is 264 g/mol. The highest BCUT2D eigenvalue weighted by Crippen LogP contribution is 2.23. The van der Waals surface area contributed by atoms with E-state index in [2.05, 4.69) is 16.1 Å². The van der Waals surface area contributed by atoms with Crippen LogP contribution in [0.4, 0.5) is 0 Å². The minimum absolute atomic E-state index is 0.450. The summed E-state index contributed by atoms with van der Waals surface area (Å²) in [4.78, 5) is 4.23. The first-order valence-electron chi connectivity index (χ1n) is 6.34. The smallest absolute Gasteiger partial charge is 0.130 e. The van der Waals surface area contributed by atoms with Crippen LogP contribution in [0.2, 0.25) is 0 Å². The molecule has 2 heterocycles. The van der Waals surface area contributed by atoms with Crippen molar-refractivity contribution in [1.29, 1.82) is 0 Å². The van der Waals surface area contributed by atoms with E-state index in [4.69, 9.17) is 4.74 Å². The predicted octanol–water partition coefficient (Wildman–Crippen LogP) is 2.86. The van der Waals surface area contributed by atoms with Gasteiger partial charge in [-0.1, -0.05) is 6.07 Å². The zero-order valence-corrected chi connectivity index (χ0v) is 11.2. The molecule has 0 N–H and O–H groups in total. The van der Waals surface area contributed by atoms with Gasteiger partial charge in [-0.05, 0) is 42.0 Å². The Bertz CT molecular complexity index is 692. The minimum atomic E-state index is 0.450. The number of hydrogen-bond donors (Lipinski definition) is 0. The largest absolute Gasteiger partial charge is 0.487 e. The van der Waals surface area contributed by atoms with Gasteiger partial charge in [0.25, 0.3) is 0 Å². The van der Waals surface area contributed by atoms with Gasteiger partial charge in [0.15, 0.2) is 0 Å². The number of rotatable bonds is 4. The molecule has 0 bridgehead atoms. The molecule has 0 aliphatic heterocycles. The maximum Gasteiger partial charge on any atom is 0.130 e. The van der Waals surface area contributed by atoms with E-state index in [1.165, 1.54) is 0 Å². The second-order valence-electron chi connectivity index (χ2n) is 4.47. The maximum absolute atomic E-state index is 5.74. The Morgan fingerprint density at radius 3 is 2.95 bits per heavy atom. The summed E-state index contributed by atoms with van der Waals surface area (Å²) in [6.07, 6.45) is 5.55. The predicted molar refractivity (Wildman–Crippen MR) is 76.0 cm³/mol. The molecule has 20 heavy (non-hydrogen) atoms. The third kappa shape index (κ3) is 2.85. The van der Waals surface area contributed by atoms with Gasteiger partial charge in [0.05, 0.1) is 11.9 Å². The van der Waals surface area contributed by atoms with Crippen molar-refractivity contribution in [2.45, 2.75) is 6.61 Å². The molecule has 4 nitrogen and oxygen atoms in total. The number of nitrogens with zero attached hydrogens (tertiary/aromatic N) is 3. The van der Waals surface area contributed by atoms with Gasteiger partial charge in [-0.15, -0.1) is 0 Å². The van der Waals surface area contributed by atoms with E-state index in [9.17, 15) is 0 Å². The molecule has 99 valence electrons. The Hall–Kier alpha value is -2.62. The summed E-state index contributed by atoms with van der Waals surface area (Å²) in [5, 5.41) is 4.17. The minimum Gasteiger partial charge on any atom is -0.487 e. The summed E-state index contributed by atoms with van der Waals surface area (Å²) in [5.74, 6) is 0.775. The standard InChI is InChI=1S/C16H14N3O/c1-19-11-14(10-18-19)13-5-4-7-16(9-13)20-12-15-6-2-3-8-17-15/h2-3,5-11H,12H2,1H3. The summed E-state index contributed by atoms with van der Waals surface area (Å²) in [6, 6.07) is 14.6. The molecule has 0 unspecified atom stereocenters. The van der Waals surface area contributed by atoms with E-state index < -0.39 is 0 Å². The van der Waals surface area contributed by atoms with E-state index >= 15 is 0 Å². The van der Waals surface area contributed by atoms with Gasteiger partial charge >= 0.3 is 0 Å². The molecule has 0 aliphatic rings. The molecule has 4 heteroatoms. The van der Waals surface area contributed by atoms with Crippen LogP contribution in [0.25, 0.3) is 11.1 Å². The molecule has 0 spiro atoms. The van der Waals surface area contributed by atoms with Crippen LogP contribution >= 0.6 is 0 Å². The average Bonchev–Trinajstić information content (AvgIpc) is 2.93. The molecule has 0 aliphatic carbocycles. The second kappa shape index (κ2) is 5.57. The maximum atomic E-state index is 5.74. The van der Waals surface area contributed by atoms with Crippen molar-refractivity contribution in [3.63, 3.8) is 0 Å². The molecular formula is C16H14N3O. The van der Waals surface area contributed by atoms with Crippen molar-refractivity contribution >= 4 is 0 Å². The topological polar surface area (TPSA) is 39.9 Å². The van der Waals surface area contributed by atoms with Crippen LogP contribution in [-0.2, 0) is 13.7 Å². The third-order valence-corrected chi connectivity index (χ3v) is 2.91. The van der Waals surface area contributed by atoms with Crippen LogP contribution in [-0.4, -0.2) is 14.8 Å². The van der Waals surface area contributed by atoms with Crippen LogP contribution in [0, 0.1) is 6.07 Å². The van der Waals surface area contributed by atoms with Gasteiger partial charge < -0.3 is 4.74 Å². The van der Waals surface area contributed by atoms with Crippen molar-refractivity contribution in [1.82, 2.24) is 14.8 Å². The van der Waals surface area contributed by atoms with Gasteiger partial charge in [-0.3, -0.25) is 9.67 Å². The SMILES string of the molecule is Cn1cc(-c2c[c]cc(OCc3ccccn3)c2)cn1. The molecule has 3 rings (SSSR count). The Kier molecular flexibility index (Phi) is 3.46. The molecule has 2 aromatic heterocycles. The molecule has 1 radical (unpaired) electrons. The van der Waals surface area contributed by atoms with E-state index in [-0.39, 0.29) is 0 Å². The molecule has 0 fully saturated rings. The van der Waals surface area contributed by atoms with Gasteiger partial charge in [0.2, 0.25) is 0 Å². The summed E-state index contributed by atoms with van der Waals surface area (Å²) in [5.41, 5.74) is 2.99. The first-order valence-corrected chi connectivity index (χ1v) is 6.34. The molecule has 0 saturated carbocycles. The number of hydrogen-bond acceptors (Lipinski definition) is 3. The zero-order chi connectivity index (χ0) is 13.8. The van der Waals surface area contributed by atoms with Gasteiger partial charge in [-0.25, -0.2) is 0 Å². The molecule has 0 saturated heterocycles. The number of benzene rings is 1. The van der Waals surface area contributed by atoms with E-state index in [1.807, 2.05) is 55.8 Å². The van der Waals surface area contributed by atoms with Gasteiger partial charge in [0, 0.05) is 25.0 Å². The highest BCUT2D eigenvalue weighted by Gasteiger charge is 2.03. The molecule has 1 aromatic carbocycles. The Balaban J connectivity index is 1.75. The number of ether oxygens (including phenoxy) is 1. The number of pyridine rings is 1. The number of aryl methyl sites for hydroxylation is 1. The lowest BCUT2D eigenvalue weighted by atomic mass is 10.1. The second-order valence-corrected chi connectivity index (χ2v) is 4.47. The molecule has 3 aromatic rings. The lowest BCUT2D eigenvalue weighted by Gasteiger charge is -2.06. The Labute approximate surface area is 117 Å². The van der Waals surface area contributed by atoms with Crippen LogP contribution in [0.15, 0.2) is 55.0 Å². The molecule has 0 atom stereocenters. The molecule has 0 amide bonds. The fraction of sp³-hybridized carbons (Fsp3) is 0.125. The number of aromatic nitrogens is 3. The van der Waals surface area contributed by atoms with Crippen molar-refractivity contribution in [3.05, 3.63) is 66.7 Å². The normalized spacial score (nSPS) is 10.4. The fourth-order valence-corrected chi connectivity index (χ4v) is 1.91. The zero-order valence-electron chi connectivity index (χ0n) is 11.2. The lowest BCUT2D eigenvalue weighted by molar-refractivity contribution is 0.301. The summed E-state index contributed by atoms with van der Waals surface area (Å²) < 4.78 is 7.51. The van der Waals surface area contributed by atoms with Crippen LogP contribution < -0.4 is 4.74 Å². The van der Waals surface area contributed by atoms with E-state index in [0.717, 1.165) is 22.6 Å². The average molecular weight is 264 g/mol. The van der Waals surface area contributed by atoms with Crippen molar-refractivity contribution in [2.75, 3.05) is 0 Å². The van der Waals surface area contributed by atoms with Crippen molar-refractivity contribution in [3.8, 4) is 16.9 Å². The summed E-state index contributed by atoms with van der Waals surface area (Å²) in [6.45, 7) is 0.450. The first-order chi connectivity index (χ1) is 9.81. The lowest BCUT2D eigenvalue weighted by Crippen LogP contribution is -1.97. The highest BCUT2D eigenvalue weighted by molar-refractivity contribution is 5.63. The van der Waals surface area contributed by atoms with E-state index in [0.29, 0.717) is 6.61 Å². The van der Waals surface area contributed by atoms with Crippen LogP contribution in [0.3, 0.4) is 0 Å². The van der Waals surface area contributed by atoms with Gasteiger partial charge in [-0.2, -0.15) is 5.10 Å². The van der Waals surface area contributed by atoms with Crippen molar-refractivity contribution in [2.24, 2.45) is 7.05 Å². The molecular weight excluding hydrogens is 250 g/mol. The fourth-order valence-electron chi connectivity index (χ4n) is 1.91. The highest BCUT2D eigenvalue weighted by atomic mass is 16.5. The third-order valence-electron chi connectivity index (χ3n) is 2.91. The Morgan fingerprint density at radius 1 is 1.25 bits per heavy atom. The van der Waals surface area contributed by atoms with Crippen LogP contribution in [0.1, 0.15) is 5.69 Å².